The molecule has 1 rings (SSSR count). The molecule has 0 saturated carbocycles. The zero-order valence-electron chi connectivity index (χ0n) is 12.7. The first-order chi connectivity index (χ1) is 9.03. The number of hydrogen-bond donors (Lipinski definition) is 0. The second-order valence-corrected chi connectivity index (χ2v) is 4.95. The molecule has 0 fully saturated rings. The minimum absolute atomic E-state index is 0.124. The summed E-state index contributed by atoms with van der Waals surface area (Å²) in [6.45, 7) is 9.72. The number of nitrogens with zero attached hydrogens (tertiary/aromatic N) is 1. The molecule has 19 heavy (non-hydrogen) atoms. The molecule has 0 heterocycles. The lowest BCUT2D eigenvalue weighted by molar-refractivity contribution is 0.0899. The van der Waals surface area contributed by atoms with Crippen LogP contribution in [0.1, 0.15) is 43.1 Å². The van der Waals surface area contributed by atoms with E-state index in [0.717, 1.165) is 18.5 Å². The molecule has 0 N–H and O–H groups in total. The highest BCUT2D eigenvalue weighted by molar-refractivity contribution is 6.00. The average molecular weight is 263 g/mol. The highest BCUT2D eigenvalue weighted by Crippen LogP contribution is 2.21. The van der Waals surface area contributed by atoms with E-state index in [1.165, 1.54) is 0 Å². The molecule has 1 atom stereocenters. The number of ketones is 1. The van der Waals surface area contributed by atoms with Crippen LogP contribution in [0.2, 0.25) is 0 Å². The summed E-state index contributed by atoms with van der Waals surface area (Å²) >= 11 is 0. The van der Waals surface area contributed by atoms with Crippen molar-refractivity contribution < 1.29 is 9.53 Å². The van der Waals surface area contributed by atoms with Crippen LogP contribution in [0, 0.1) is 6.92 Å². The topological polar surface area (TPSA) is 29.5 Å². The molecule has 3 heteroatoms. The van der Waals surface area contributed by atoms with Crippen LogP contribution in [0.5, 0.6) is 5.75 Å². The third-order valence-electron chi connectivity index (χ3n) is 3.62. The fourth-order valence-electron chi connectivity index (χ4n) is 2.14. The highest BCUT2D eigenvalue weighted by atomic mass is 16.5. The summed E-state index contributed by atoms with van der Waals surface area (Å²) < 4.78 is 5.31. The Balaban J connectivity index is 2.88. The maximum absolute atomic E-state index is 12.4. The summed E-state index contributed by atoms with van der Waals surface area (Å²) in [6, 6.07) is 6.15. The minimum atomic E-state index is 0.124. The Morgan fingerprint density at radius 3 is 2.58 bits per heavy atom. The zero-order chi connectivity index (χ0) is 14.4. The van der Waals surface area contributed by atoms with Crippen molar-refractivity contribution in [2.24, 2.45) is 0 Å². The number of carbonyl (C=O) groups excluding carboxylic acids is 1. The standard InChI is InChI=1S/C16H25NO2/c1-6-13(4)17(7-2)11-15(18)14-9-8-12(3)10-16(14)19-5/h8-10,13H,6-7,11H2,1-5H3. The van der Waals surface area contributed by atoms with Gasteiger partial charge in [0, 0.05) is 6.04 Å². The molecular formula is C16H25NO2. The molecule has 0 aliphatic rings. The van der Waals surface area contributed by atoms with E-state index in [1.54, 1.807) is 7.11 Å². The predicted octanol–water partition coefficient (Wildman–Crippen LogP) is 3.31. The van der Waals surface area contributed by atoms with Gasteiger partial charge in [0.1, 0.15) is 5.75 Å². The molecule has 1 aromatic carbocycles. The monoisotopic (exact) mass is 263 g/mol. The molecule has 0 saturated heterocycles. The number of rotatable bonds is 7. The van der Waals surface area contributed by atoms with Gasteiger partial charge >= 0.3 is 0 Å². The van der Waals surface area contributed by atoms with Gasteiger partial charge in [0.05, 0.1) is 19.2 Å². The Kier molecular flexibility index (Phi) is 6.03. The van der Waals surface area contributed by atoms with E-state index in [-0.39, 0.29) is 5.78 Å². The molecule has 106 valence electrons. The van der Waals surface area contributed by atoms with Gasteiger partial charge in [-0.1, -0.05) is 19.9 Å². The minimum Gasteiger partial charge on any atom is -0.496 e. The van der Waals surface area contributed by atoms with Gasteiger partial charge in [-0.25, -0.2) is 0 Å². The van der Waals surface area contributed by atoms with E-state index in [0.29, 0.717) is 23.9 Å². The second-order valence-electron chi connectivity index (χ2n) is 4.95. The molecule has 0 aliphatic carbocycles. The van der Waals surface area contributed by atoms with E-state index < -0.39 is 0 Å². The van der Waals surface area contributed by atoms with Crippen molar-refractivity contribution in [1.29, 1.82) is 0 Å². The maximum atomic E-state index is 12.4. The Morgan fingerprint density at radius 2 is 2.05 bits per heavy atom. The first kappa shape index (κ1) is 15.7. The molecule has 1 unspecified atom stereocenters. The number of hydrogen-bond acceptors (Lipinski definition) is 3. The smallest absolute Gasteiger partial charge is 0.180 e. The molecule has 0 amide bonds. The maximum Gasteiger partial charge on any atom is 0.180 e. The molecule has 0 spiro atoms. The summed E-state index contributed by atoms with van der Waals surface area (Å²) in [5.41, 5.74) is 1.78. The quantitative estimate of drug-likeness (QED) is 0.707. The van der Waals surface area contributed by atoms with Crippen molar-refractivity contribution in [3.63, 3.8) is 0 Å². The van der Waals surface area contributed by atoms with Gasteiger partial charge in [0.2, 0.25) is 0 Å². The number of Topliss-reactive ketones (excluding diaryl/α,β-unsaturated/α-hetero) is 1. The van der Waals surface area contributed by atoms with E-state index in [4.69, 9.17) is 4.74 Å². The van der Waals surface area contributed by atoms with Gasteiger partial charge in [0.15, 0.2) is 5.78 Å². The van der Waals surface area contributed by atoms with Crippen LogP contribution in [0.3, 0.4) is 0 Å². The summed E-state index contributed by atoms with van der Waals surface area (Å²) in [5.74, 6) is 0.796. The lowest BCUT2D eigenvalue weighted by atomic mass is 10.1. The van der Waals surface area contributed by atoms with E-state index in [2.05, 4.69) is 25.7 Å². The SMILES string of the molecule is CCC(C)N(CC)CC(=O)c1ccc(C)cc1OC. The summed E-state index contributed by atoms with van der Waals surface area (Å²) in [7, 11) is 1.61. The van der Waals surface area contributed by atoms with Gasteiger partial charge in [-0.3, -0.25) is 9.69 Å². The van der Waals surface area contributed by atoms with Gasteiger partial charge in [0.25, 0.3) is 0 Å². The van der Waals surface area contributed by atoms with Crippen LogP contribution in [0.4, 0.5) is 0 Å². The van der Waals surface area contributed by atoms with Gasteiger partial charge in [-0.2, -0.15) is 0 Å². The number of aryl methyl sites for hydroxylation is 1. The summed E-state index contributed by atoms with van der Waals surface area (Å²) in [6.07, 6.45) is 1.05. The second kappa shape index (κ2) is 7.29. The number of likely N-dealkylation sites (N-methyl/N-ethyl adjacent to an activating group) is 1. The fourth-order valence-corrected chi connectivity index (χ4v) is 2.14. The summed E-state index contributed by atoms with van der Waals surface area (Å²) in [5, 5.41) is 0. The average Bonchev–Trinajstić information content (AvgIpc) is 2.43. The van der Waals surface area contributed by atoms with Crippen LogP contribution >= 0.6 is 0 Å². The van der Waals surface area contributed by atoms with Crippen molar-refractivity contribution in [2.75, 3.05) is 20.2 Å². The van der Waals surface area contributed by atoms with Gasteiger partial charge in [-0.15, -0.1) is 0 Å². The van der Waals surface area contributed by atoms with E-state index >= 15 is 0 Å². The third-order valence-corrected chi connectivity index (χ3v) is 3.62. The lowest BCUT2D eigenvalue weighted by Crippen LogP contribution is -2.37. The van der Waals surface area contributed by atoms with Crippen molar-refractivity contribution in [3.05, 3.63) is 29.3 Å². The number of carbonyl (C=O) groups is 1. The Morgan fingerprint density at radius 1 is 1.37 bits per heavy atom. The normalized spacial score (nSPS) is 12.5. The zero-order valence-corrected chi connectivity index (χ0v) is 12.7. The lowest BCUT2D eigenvalue weighted by Gasteiger charge is -2.26. The third kappa shape index (κ3) is 4.06. The number of methoxy groups -OCH3 is 1. The Bertz CT molecular complexity index is 429. The van der Waals surface area contributed by atoms with Crippen LogP contribution < -0.4 is 4.74 Å². The number of ether oxygens (including phenoxy) is 1. The van der Waals surface area contributed by atoms with Crippen molar-refractivity contribution in [3.8, 4) is 5.75 Å². The van der Waals surface area contributed by atoms with E-state index in [1.807, 2.05) is 25.1 Å². The van der Waals surface area contributed by atoms with Crippen LogP contribution in [0.15, 0.2) is 18.2 Å². The van der Waals surface area contributed by atoms with Crippen LogP contribution in [-0.4, -0.2) is 36.9 Å². The van der Waals surface area contributed by atoms with E-state index in [9.17, 15) is 4.79 Å². The molecule has 0 aliphatic heterocycles. The first-order valence-corrected chi connectivity index (χ1v) is 6.95. The number of benzene rings is 1. The van der Waals surface area contributed by atoms with Gasteiger partial charge in [-0.05, 0) is 44.5 Å². The molecule has 1 aromatic rings. The molecular weight excluding hydrogens is 238 g/mol. The Labute approximate surface area is 116 Å². The van der Waals surface area contributed by atoms with Crippen molar-refractivity contribution >= 4 is 5.78 Å². The molecule has 0 bridgehead atoms. The fraction of sp³-hybridized carbons (Fsp3) is 0.562. The van der Waals surface area contributed by atoms with Crippen LogP contribution in [-0.2, 0) is 0 Å². The first-order valence-electron chi connectivity index (χ1n) is 6.95. The van der Waals surface area contributed by atoms with Gasteiger partial charge < -0.3 is 4.74 Å². The summed E-state index contributed by atoms with van der Waals surface area (Å²) in [4.78, 5) is 14.6. The van der Waals surface area contributed by atoms with Crippen molar-refractivity contribution in [1.82, 2.24) is 4.90 Å². The highest BCUT2D eigenvalue weighted by Gasteiger charge is 2.18. The predicted molar refractivity (Wildman–Crippen MR) is 79.1 cm³/mol. The van der Waals surface area contributed by atoms with Crippen molar-refractivity contribution in [2.45, 2.75) is 40.2 Å². The molecule has 0 radical (unpaired) electrons. The molecule has 3 nitrogen and oxygen atoms in total. The van der Waals surface area contributed by atoms with Crippen LogP contribution in [0.25, 0.3) is 0 Å². The Hall–Kier alpha value is -1.35. The molecule has 0 aromatic heterocycles. The largest absolute Gasteiger partial charge is 0.496 e.